The fraction of sp³-hybridized carbons (Fsp3) is 0.333. The Morgan fingerprint density at radius 2 is 2.03 bits per heavy atom. The molecule has 0 saturated carbocycles. The van der Waals surface area contributed by atoms with E-state index >= 15 is 0 Å². The van der Waals surface area contributed by atoms with Crippen LogP contribution in [-0.4, -0.2) is 36.0 Å². The predicted molar refractivity (Wildman–Crippen MR) is 116 cm³/mol. The van der Waals surface area contributed by atoms with Crippen molar-refractivity contribution in [3.8, 4) is 11.5 Å². The van der Waals surface area contributed by atoms with Crippen molar-refractivity contribution in [3.63, 3.8) is 0 Å². The summed E-state index contributed by atoms with van der Waals surface area (Å²) in [5, 5.41) is 0. The van der Waals surface area contributed by atoms with Crippen molar-refractivity contribution in [1.82, 2.24) is 4.90 Å². The Morgan fingerprint density at radius 3 is 2.73 bits per heavy atom. The van der Waals surface area contributed by atoms with Gasteiger partial charge in [0, 0.05) is 43.1 Å². The largest absolute Gasteiger partial charge is 0.493 e. The monoisotopic (exact) mass is 408 g/mol. The number of rotatable bonds is 9. The summed E-state index contributed by atoms with van der Waals surface area (Å²) in [6.07, 6.45) is 4.33. The van der Waals surface area contributed by atoms with Crippen molar-refractivity contribution in [2.24, 2.45) is 5.73 Å². The second kappa shape index (κ2) is 9.96. The second-order valence-electron chi connectivity index (χ2n) is 7.36. The van der Waals surface area contributed by atoms with Crippen LogP contribution in [0, 0.1) is 0 Å². The van der Waals surface area contributed by atoms with E-state index in [1.165, 1.54) is 6.08 Å². The number of nitrogens with two attached hydrogens (primary N) is 1. The third-order valence-corrected chi connectivity index (χ3v) is 4.89. The quantitative estimate of drug-likeness (QED) is 0.646. The van der Waals surface area contributed by atoms with Gasteiger partial charge in [0.15, 0.2) is 0 Å². The Bertz CT molecular complexity index is 924. The first kappa shape index (κ1) is 21.4. The van der Waals surface area contributed by atoms with Crippen LogP contribution >= 0.6 is 0 Å². The molecule has 0 spiro atoms. The van der Waals surface area contributed by atoms with E-state index in [4.69, 9.17) is 15.2 Å². The lowest BCUT2D eigenvalue weighted by Crippen LogP contribution is -2.32. The first-order chi connectivity index (χ1) is 14.5. The third kappa shape index (κ3) is 5.63. The third-order valence-electron chi connectivity index (χ3n) is 4.89. The van der Waals surface area contributed by atoms with E-state index in [-0.39, 0.29) is 25.0 Å². The molecule has 0 aliphatic carbocycles. The molecule has 1 atom stereocenters. The fourth-order valence-corrected chi connectivity index (χ4v) is 3.45. The van der Waals surface area contributed by atoms with Gasteiger partial charge in [-0.3, -0.25) is 9.59 Å². The Morgan fingerprint density at radius 1 is 1.27 bits per heavy atom. The topological polar surface area (TPSA) is 81.9 Å². The summed E-state index contributed by atoms with van der Waals surface area (Å²) < 4.78 is 11.6. The molecule has 1 heterocycles. The molecule has 3 rings (SSSR count). The van der Waals surface area contributed by atoms with Gasteiger partial charge in [-0.1, -0.05) is 30.3 Å². The highest BCUT2D eigenvalue weighted by Gasteiger charge is 2.21. The summed E-state index contributed by atoms with van der Waals surface area (Å²) in [4.78, 5) is 25.8. The lowest BCUT2D eigenvalue weighted by molar-refractivity contribution is -0.127. The molecule has 6 nitrogen and oxygen atoms in total. The van der Waals surface area contributed by atoms with Crippen LogP contribution in [0.4, 0.5) is 0 Å². The Kier molecular flexibility index (Phi) is 7.12. The number of ether oxygens (including phenoxy) is 2. The zero-order chi connectivity index (χ0) is 21.5. The number of primary amides is 1. The van der Waals surface area contributed by atoms with Gasteiger partial charge in [0.05, 0.1) is 6.61 Å². The minimum atomic E-state index is -0.437. The van der Waals surface area contributed by atoms with E-state index < -0.39 is 5.91 Å². The van der Waals surface area contributed by atoms with Gasteiger partial charge in [-0.05, 0) is 37.6 Å². The number of amides is 2. The fourth-order valence-electron chi connectivity index (χ4n) is 3.45. The average Bonchev–Trinajstić information content (AvgIpc) is 3.08. The summed E-state index contributed by atoms with van der Waals surface area (Å²) in [5.74, 6) is 0.920. The van der Waals surface area contributed by atoms with Crippen LogP contribution in [0.1, 0.15) is 37.0 Å². The van der Waals surface area contributed by atoms with Crippen LogP contribution in [0.3, 0.4) is 0 Å². The zero-order valence-electron chi connectivity index (χ0n) is 17.5. The molecule has 1 aliphatic heterocycles. The zero-order valence-corrected chi connectivity index (χ0v) is 17.5. The predicted octanol–water partition coefficient (Wildman–Crippen LogP) is 3.33. The SMILES string of the molecule is CCOc1cc2c(cc1/C=C/C(=O)N(CCC(N)=O)Cc1ccccc1)OC(C)C2. The summed E-state index contributed by atoms with van der Waals surface area (Å²) in [6, 6.07) is 13.6. The molecule has 2 aromatic rings. The smallest absolute Gasteiger partial charge is 0.246 e. The van der Waals surface area contributed by atoms with E-state index in [9.17, 15) is 9.59 Å². The molecule has 1 unspecified atom stereocenters. The van der Waals surface area contributed by atoms with Gasteiger partial charge < -0.3 is 20.1 Å². The molecule has 2 amide bonds. The van der Waals surface area contributed by atoms with Gasteiger partial charge in [-0.15, -0.1) is 0 Å². The van der Waals surface area contributed by atoms with Crippen molar-refractivity contribution >= 4 is 17.9 Å². The molecule has 0 aromatic heterocycles. The van der Waals surface area contributed by atoms with Crippen molar-refractivity contribution in [3.05, 3.63) is 65.2 Å². The molecule has 0 radical (unpaired) electrons. The molecule has 0 bridgehead atoms. The van der Waals surface area contributed by atoms with Crippen LogP contribution in [-0.2, 0) is 22.6 Å². The maximum absolute atomic E-state index is 12.9. The molecule has 6 heteroatoms. The average molecular weight is 408 g/mol. The Labute approximate surface area is 177 Å². The van der Waals surface area contributed by atoms with Crippen LogP contribution in [0.15, 0.2) is 48.5 Å². The standard InChI is InChI=1S/C24H28N2O4/c1-3-29-21-15-20-13-17(2)30-22(20)14-19(21)9-10-24(28)26(12-11-23(25)27)16-18-7-5-4-6-8-18/h4-10,14-15,17H,3,11-13,16H2,1-2H3,(H2,25,27)/b10-9+. The normalized spacial score (nSPS) is 14.9. The van der Waals surface area contributed by atoms with Crippen molar-refractivity contribution in [2.75, 3.05) is 13.2 Å². The molecule has 2 N–H and O–H groups in total. The molecule has 0 saturated heterocycles. The van der Waals surface area contributed by atoms with Gasteiger partial charge in [0.1, 0.15) is 17.6 Å². The number of carbonyl (C=O) groups excluding carboxylic acids is 2. The number of hydrogen-bond donors (Lipinski definition) is 1. The lowest BCUT2D eigenvalue weighted by atomic mass is 10.1. The van der Waals surface area contributed by atoms with Crippen molar-refractivity contribution in [2.45, 2.75) is 39.3 Å². The molecule has 158 valence electrons. The Balaban J connectivity index is 1.80. The van der Waals surface area contributed by atoms with Crippen LogP contribution < -0.4 is 15.2 Å². The molecular weight excluding hydrogens is 380 g/mol. The number of nitrogens with zero attached hydrogens (tertiary/aromatic N) is 1. The van der Waals surface area contributed by atoms with Gasteiger partial charge in [0.25, 0.3) is 0 Å². The maximum Gasteiger partial charge on any atom is 0.246 e. The molecule has 0 fully saturated rings. The molecule has 1 aliphatic rings. The van der Waals surface area contributed by atoms with Gasteiger partial charge >= 0.3 is 0 Å². The molecule has 2 aromatic carbocycles. The lowest BCUT2D eigenvalue weighted by Gasteiger charge is -2.21. The van der Waals surface area contributed by atoms with Gasteiger partial charge in [-0.2, -0.15) is 0 Å². The highest BCUT2D eigenvalue weighted by atomic mass is 16.5. The van der Waals surface area contributed by atoms with E-state index in [0.29, 0.717) is 13.2 Å². The number of hydrogen-bond acceptors (Lipinski definition) is 4. The highest BCUT2D eigenvalue weighted by molar-refractivity contribution is 5.92. The van der Waals surface area contributed by atoms with E-state index in [0.717, 1.165) is 34.6 Å². The van der Waals surface area contributed by atoms with Crippen molar-refractivity contribution < 1.29 is 19.1 Å². The number of carbonyl (C=O) groups is 2. The maximum atomic E-state index is 12.9. The van der Waals surface area contributed by atoms with Crippen LogP contribution in [0.2, 0.25) is 0 Å². The molecular formula is C24H28N2O4. The summed E-state index contributed by atoms with van der Waals surface area (Å²) in [7, 11) is 0. The van der Waals surface area contributed by atoms with Gasteiger partial charge in [0.2, 0.25) is 11.8 Å². The van der Waals surface area contributed by atoms with Crippen LogP contribution in [0.25, 0.3) is 6.08 Å². The van der Waals surface area contributed by atoms with E-state index in [1.54, 1.807) is 11.0 Å². The van der Waals surface area contributed by atoms with E-state index in [2.05, 4.69) is 0 Å². The first-order valence-electron chi connectivity index (χ1n) is 10.2. The summed E-state index contributed by atoms with van der Waals surface area (Å²) in [6.45, 7) is 5.15. The van der Waals surface area contributed by atoms with Gasteiger partial charge in [-0.25, -0.2) is 0 Å². The van der Waals surface area contributed by atoms with E-state index in [1.807, 2.05) is 56.3 Å². The Hall–Kier alpha value is -3.28. The van der Waals surface area contributed by atoms with Crippen molar-refractivity contribution in [1.29, 1.82) is 0 Å². The summed E-state index contributed by atoms with van der Waals surface area (Å²) >= 11 is 0. The minimum absolute atomic E-state index is 0.112. The number of fused-ring (bicyclic) bond motifs is 1. The van der Waals surface area contributed by atoms with Crippen LogP contribution in [0.5, 0.6) is 11.5 Å². The molecule has 30 heavy (non-hydrogen) atoms. The second-order valence-corrected chi connectivity index (χ2v) is 7.36. The summed E-state index contributed by atoms with van der Waals surface area (Å²) in [5.41, 5.74) is 8.17. The number of benzene rings is 2. The first-order valence-corrected chi connectivity index (χ1v) is 10.2. The highest BCUT2D eigenvalue weighted by Crippen LogP contribution is 2.35. The minimum Gasteiger partial charge on any atom is -0.493 e.